The third kappa shape index (κ3) is 32.1. The summed E-state index contributed by atoms with van der Waals surface area (Å²) in [6.45, 7) is 8.68. The van der Waals surface area contributed by atoms with Crippen LogP contribution in [0, 0.1) is 0 Å². The smallest absolute Gasteiger partial charge is 1.00 e. The number of nitrogens with one attached hydrogen (secondary N) is 6. The number of sulfonamides is 1. The monoisotopic (exact) mass is 1210 g/mol. The molecular formula is C59H97AlClLiN10O8S2. The van der Waals surface area contributed by atoms with Gasteiger partial charge < -0.3 is 43.8 Å². The topological polar surface area (TPSA) is 256 Å². The average molecular weight is 1210 g/mol. The van der Waals surface area contributed by atoms with E-state index in [1.807, 2.05) is 32.9 Å². The molecule has 8 N–H and O–H groups in total. The zero-order valence-electron chi connectivity index (χ0n) is 51.2. The Labute approximate surface area is 521 Å². The van der Waals surface area contributed by atoms with Gasteiger partial charge in [-0.25, -0.2) is 31.2 Å². The first-order valence-electron chi connectivity index (χ1n) is 29.1. The maximum absolute atomic E-state index is 12.8. The maximum atomic E-state index is 12.8. The molecule has 0 aliphatic heterocycles. The SMILES string of the molecule is CC(C)(C)OC(=O)NC1CCCCC1.CN(C1CCCCC1)S(=O)(=O)c1ccc(NC(=O)NCc2ccncc2)cc1.CNC1CCCCC1.NC1CCCCC1.O=C(NCc1ccncc1)Nc1ccc(S(=O)(=O)Cl)cc1.[2H]CC.[AlH3].[H-].[Li+]. The van der Waals surface area contributed by atoms with Gasteiger partial charge in [-0.2, -0.15) is 4.31 Å². The largest absolute Gasteiger partial charge is 1.00 e. The quantitative estimate of drug-likeness (QED) is 0.0522. The molecule has 4 aromatic rings. The Hall–Kier alpha value is -4.25. The van der Waals surface area contributed by atoms with Crippen LogP contribution in [0.15, 0.2) is 107 Å². The van der Waals surface area contributed by atoms with E-state index in [9.17, 15) is 31.2 Å². The van der Waals surface area contributed by atoms with Gasteiger partial charge in [-0.15, -0.1) is 0 Å². The molecule has 4 fully saturated rings. The Morgan fingerprint density at radius 2 is 1.01 bits per heavy atom. The second-order valence-electron chi connectivity index (χ2n) is 21.1. The Morgan fingerprint density at radius 1 is 0.646 bits per heavy atom. The van der Waals surface area contributed by atoms with Gasteiger partial charge in [0.15, 0.2) is 17.4 Å². The van der Waals surface area contributed by atoms with Gasteiger partial charge in [-0.1, -0.05) is 90.9 Å². The van der Waals surface area contributed by atoms with E-state index < -0.39 is 30.7 Å². The van der Waals surface area contributed by atoms with Gasteiger partial charge in [-0.05, 0) is 163 Å². The molecule has 23 heteroatoms. The molecule has 0 saturated heterocycles. The minimum absolute atomic E-state index is 0. The number of pyridine rings is 2. The molecule has 18 nitrogen and oxygen atoms in total. The summed E-state index contributed by atoms with van der Waals surface area (Å²) in [4.78, 5) is 43.1. The number of carbonyl (C=O) groups excluding carboxylic acids is 3. The van der Waals surface area contributed by atoms with E-state index in [0.29, 0.717) is 43.4 Å². The first-order valence-corrected chi connectivity index (χ1v) is 32.1. The molecule has 0 radical (unpaired) electrons. The number of urea groups is 2. The molecule has 2 heterocycles. The summed E-state index contributed by atoms with van der Waals surface area (Å²) in [5.74, 6) is 0. The molecule has 82 heavy (non-hydrogen) atoms. The van der Waals surface area contributed by atoms with E-state index in [2.05, 4.69) is 48.9 Å². The minimum atomic E-state index is -3.76. The van der Waals surface area contributed by atoms with Crippen LogP contribution >= 0.6 is 10.7 Å². The number of nitrogens with zero attached hydrogens (tertiary/aromatic N) is 3. The van der Waals surface area contributed by atoms with E-state index in [4.69, 9.17) is 22.5 Å². The molecule has 454 valence electrons. The van der Waals surface area contributed by atoms with E-state index in [1.54, 1.807) is 63.0 Å². The number of carbonyl (C=O) groups is 3. The van der Waals surface area contributed by atoms with Gasteiger partial charge in [0.05, 0.1) is 9.79 Å². The Balaban J connectivity index is 0.00000108. The molecule has 4 saturated carbocycles. The van der Waals surface area contributed by atoms with E-state index in [0.717, 1.165) is 55.7 Å². The van der Waals surface area contributed by atoms with E-state index in [1.165, 1.54) is 131 Å². The summed E-state index contributed by atoms with van der Waals surface area (Å²) in [6, 6.07) is 20.1. The molecule has 8 rings (SSSR count). The molecule has 0 unspecified atom stereocenters. The van der Waals surface area contributed by atoms with Crippen molar-refractivity contribution >= 4 is 76.6 Å². The predicted molar refractivity (Wildman–Crippen MR) is 334 cm³/mol. The van der Waals surface area contributed by atoms with Crippen molar-refractivity contribution in [2.24, 2.45) is 5.73 Å². The number of amides is 5. The van der Waals surface area contributed by atoms with Crippen LogP contribution < -0.4 is 56.5 Å². The van der Waals surface area contributed by atoms with Crippen molar-refractivity contribution in [2.75, 3.05) is 24.7 Å². The molecule has 0 atom stereocenters. The fourth-order valence-electron chi connectivity index (χ4n) is 9.18. The van der Waals surface area contributed by atoms with Crippen LogP contribution in [0.3, 0.4) is 0 Å². The van der Waals surface area contributed by atoms with Crippen LogP contribution in [-0.4, -0.2) is 110 Å². The van der Waals surface area contributed by atoms with Crippen LogP contribution in [0.25, 0.3) is 0 Å². The standard InChI is InChI=1S/C20H26N4O3S.C13H12ClN3O3S.C11H21NO2.C7H15N.C6H13N.C2H6.Al.Li.4H/c1-24(18-5-3-2-4-6-18)28(26,27)19-9-7-17(8-10-19)23-20(25)22-15-16-11-13-21-14-12-16;14-21(19,20)12-3-1-11(2-4-12)17-13(18)16-9-10-5-7-15-8-6-10;1-11(2,3)14-10(13)12-9-7-5-4-6-8-9;1-8-7-5-3-2-4-6-7;7-6-4-2-1-3-5-6;1-2;;;;;;/h7-14,18H,2-6,15H2,1H3,(H2,22,23,25);1-8H,9H2,(H2,16,17,18);9H,4-8H2,1-3H3,(H,12,13);7-8H,2-6H2,1H3;6H,1-5,7H2;1-2H3;;;;;;/q;;;;;;;+1;;;;-1/i;;;;;1D;;;;;;. The zero-order valence-corrected chi connectivity index (χ0v) is 51.6. The summed E-state index contributed by atoms with van der Waals surface area (Å²) in [7, 11) is 1.64. The molecule has 0 bridgehead atoms. The second-order valence-corrected chi connectivity index (χ2v) is 25.7. The normalized spacial score (nSPS) is 16.0. The number of hydrogen-bond donors (Lipinski definition) is 7. The predicted octanol–water partition coefficient (Wildman–Crippen LogP) is 8.31. The third-order valence-electron chi connectivity index (χ3n) is 13.7. The number of nitrogens with two attached hydrogens (primary N) is 1. The number of ether oxygens (including phenoxy) is 1. The fourth-order valence-corrected chi connectivity index (χ4v) is 11.4. The van der Waals surface area contributed by atoms with Gasteiger partial charge in [0.2, 0.25) is 10.0 Å². The molecule has 4 aliphatic rings. The van der Waals surface area contributed by atoms with Crippen molar-refractivity contribution in [1.82, 2.24) is 35.5 Å². The molecule has 4 aliphatic carbocycles. The summed E-state index contributed by atoms with van der Waals surface area (Å²) in [6.07, 6.45) is 31.2. The van der Waals surface area contributed by atoms with Gasteiger partial charge in [-0.3, -0.25) is 9.97 Å². The Morgan fingerprint density at radius 3 is 1.35 bits per heavy atom. The van der Waals surface area contributed by atoms with Crippen LogP contribution in [0.1, 0.15) is 177 Å². The molecule has 0 spiro atoms. The molecule has 2 aromatic carbocycles. The first kappa shape index (κ1) is 73.9. The van der Waals surface area contributed by atoms with Crippen molar-refractivity contribution in [1.29, 1.82) is 0 Å². The average Bonchev–Trinajstić information content (AvgIpc) is 3.67. The van der Waals surface area contributed by atoms with E-state index >= 15 is 0 Å². The number of aromatic nitrogens is 2. The van der Waals surface area contributed by atoms with Crippen LogP contribution in [0.5, 0.6) is 0 Å². The Kier molecular flexibility index (Phi) is 37.6. The third-order valence-corrected chi connectivity index (χ3v) is 17.0. The number of alkyl carbamates (subject to hydrolysis) is 1. The summed E-state index contributed by atoms with van der Waals surface area (Å²) < 4.78 is 60.8. The number of hydrogen-bond acceptors (Lipinski definition) is 12. The van der Waals surface area contributed by atoms with Crippen molar-refractivity contribution in [2.45, 2.75) is 216 Å². The van der Waals surface area contributed by atoms with Crippen LogP contribution in [0.4, 0.5) is 25.8 Å². The Bertz CT molecular complexity index is 2600. The van der Waals surface area contributed by atoms with Crippen molar-refractivity contribution in [3.05, 3.63) is 109 Å². The van der Waals surface area contributed by atoms with Gasteiger partial charge in [0.25, 0.3) is 9.05 Å². The number of halogens is 1. The van der Waals surface area contributed by atoms with Crippen LogP contribution in [-0.2, 0) is 36.9 Å². The zero-order chi connectivity index (χ0) is 59.5. The molecule has 5 amide bonds. The van der Waals surface area contributed by atoms with Gasteiger partial charge in [0, 0.05) is 92.5 Å². The molecule has 2 aromatic heterocycles. The van der Waals surface area contributed by atoms with E-state index in [-0.39, 0.29) is 65.6 Å². The van der Waals surface area contributed by atoms with Gasteiger partial charge in [0.1, 0.15) is 5.60 Å². The van der Waals surface area contributed by atoms with Crippen molar-refractivity contribution in [3.63, 3.8) is 0 Å². The van der Waals surface area contributed by atoms with Crippen molar-refractivity contribution in [3.8, 4) is 0 Å². The summed E-state index contributed by atoms with van der Waals surface area (Å²) >= 11 is 0. The minimum Gasteiger partial charge on any atom is -1.00 e. The number of benzene rings is 2. The number of anilines is 2. The van der Waals surface area contributed by atoms with Crippen LogP contribution in [0.2, 0.25) is 0 Å². The fraction of sp³-hybridized carbons (Fsp3) is 0.576. The molecular weight excluding hydrogens is 1110 g/mol. The first-order chi connectivity index (χ1) is 38.6. The van der Waals surface area contributed by atoms with Crippen molar-refractivity contribution < 1.29 is 57.6 Å². The second kappa shape index (κ2) is 41.7. The van der Waals surface area contributed by atoms with Gasteiger partial charge >= 0.3 is 37.0 Å². The summed E-state index contributed by atoms with van der Waals surface area (Å²) in [5.41, 5.74) is 8.10. The number of rotatable bonds is 12. The maximum Gasteiger partial charge on any atom is 1.00 e. The summed E-state index contributed by atoms with van der Waals surface area (Å²) in [5, 5.41) is 16.9.